The van der Waals surface area contributed by atoms with Gasteiger partial charge in [-0.1, -0.05) is 146 Å². The number of fused-ring (bicyclic) bond motifs is 4. The van der Waals surface area contributed by atoms with Crippen molar-refractivity contribution in [2.45, 2.75) is 76.7 Å². The Morgan fingerprint density at radius 1 is 0.514 bits per heavy atom. The van der Waals surface area contributed by atoms with Crippen molar-refractivity contribution in [2.24, 2.45) is 0 Å². The molecule has 0 radical (unpaired) electrons. The van der Waals surface area contributed by atoms with Gasteiger partial charge < -0.3 is 29.6 Å². The SMILES string of the molecule is COC(=O)c1cc(C2C[C@H](CN[C@H](C)c3cccc4ccccc34)Oc3ccccc32)ccc1C.COC(=O)c1cc([C@@H]2C[C@H](CN[C@H](C)c3cccc4ccccc34)Oc3ccccc32)ccc1C. The lowest BCUT2D eigenvalue weighted by Gasteiger charge is -2.33. The molecule has 0 aromatic heterocycles. The fraction of sp³-hybridized carbons (Fsp3) is 0.258. The molecule has 8 aromatic rings. The zero-order valence-electron chi connectivity index (χ0n) is 40.9. The van der Waals surface area contributed by atoms with Crippen molar-refractivity contribution in [3.63, 3.8) is 0 Å². The smallest absolute Gasteiger partial charge is 0.338 e. The highest BCUT2D eigenvalue weighted by atomic mass is 16.5. The van der Waals surface area contributed by atoms with E-state index in [9.17, 15) is 9.59 Å². The molecule has 356 valence electrons. The van der Waals surface area contributed by atoms with Gasteiger partial charge in [0.15, 0.2) is 0 Å². The van der Waals surface area contributed by atoms with Gasteiger partial charge in [0.25, 0.3) is 0 Å². The monoisotopic (exact) mass is 930 g/mol. The van der Waals surface area contributed by atoms with Crippen LogP contribution in [0.4, 0.5) is 0 Å². The van der Waals surface area contributed by atoms with Crippen molar-refractivity contribution in [1.82, 2.24) is 10.6 Å². The van der Waals surface area contributed by atoms with Crippen LogP contribution in [-0.2, 0) is 9.47 Å². The molecular formula is C62H62N2O6. The van der Waals surface area contributed by atoms with Crippen LogP contribution in [0.5, 0.6) is 11.5 Å². The number of carbonyl (C=O) groups is 2. The molecule has 0 saturated carbocycles. The maximum absolute atomic E-state index is 12.3. The molecule has 0 saturated heterocycles. The number of nitrogens with one attached hydrogen (secondary N) is 2. The summed E-state index contributed by atoms with van der Waals surface area (Å²) in [6, 6.07) is 59.0. The largest absolute Gasteiger partial charge is 0.489 e. The lowest BCUT2D eigenvalue weighted by molar-refractivity contribution is 0.0590. The van der Waals surface area contributed by atoms with Crippen molar-refractivity contribution in [3.8, 4) is 11.5 Å². The van der Waals surface area contributed by atoms with Gasteiger partial charge in [-0.3, -0.25) is 0 Å². The van der Waals surface area contributed by atoms with E-state index in [1.807, 2.05) is 74.5 Å². The molecule has 1 unspecified atom stereocenters. The molecule has 70 heavy (non-hydrogen) atoms. The maximum atomic E-state index is 12.3. The number of carbonyl (C=O) groups excluding carboxylic acids is 2. The minimum absolute atomic E-state index is 0.00945. The number of para-hydroxylation sites is 2. The van der Waals surface area contributed by atoms with E-state index in [1.165, 1.54) is 46.9 Å². The van der Waals surface area contributed by atoms with Crippen LogP contribution in [0.2, 0.25) is 0 Å². The zero-order chi connectivity index (χ0) is 48.7. The van der Waals surface area contributed by atoms with Crippen LogP contribution in [0.15, 0.2) is 170 Å². The van der Waals surface area contributed by atoms with E-state index in [-0.39, 0.29) is 48.1 Å². The van der Waals surface area contributed by atoms with Crippen LogP contribution in [0.3, 0.4) is 0 Å². The first-order valence-corrected chi connectivity index (χ1v) is 24.4. The quantitative estimate of drug-likeness (QED) is 0.117. The van der Waals surface area contributed by atoms with Crippen LogP contribution in [0.1, 0.15) is 116 Å². The molecule has 0 spiro atoms. The van der Waals surface area contributed by atoms with E-state index >= 15 is 0 Å². The zero-order valence-corrected chi connectivity index (χ0v) is 40.9. The van der Waals surface area contributed by atoms with Crippen LogP contribution in [0.25, 0.3) is 21.5 Å². The molecule has 8 heteroatoms. The van der Waals surface area contributed by atoms with Crippen molar-refractivity contribution < 1.29 is 28.5 Å². The molecule has 2 aliphatic rings. The summed E-state index contributed by atoms with van der Waals surface area (Å²) in [7, 11) is 2.86. The highest BCUT2D eigenvalue weighted by molar-refractivity contribution is 5.92. The van der Waals surface area contributed by atoms with Crippen LogP contribution >= 0.6 is 0 Å². The van der Waals surface area contributed by atoms with Gasteiger partial charge in [-0.05, 0) is 120 Å². The molecule has 2 N–H and O–H groups in total. The van der Waals surface area contributed by atoms with Gasteiger partial charge in [-0.15, -0.1) is 0 Å². The Bertz CT molecular complexity index is 2920. The normalized spacial score (nSPS) is 17.9. The second-order valence-corrected chi connectivity index (χ2v) is 18.7. The van der Waals surface area contributed by atoms with Crippen LogP contribution in [-0.4, -0.2) is 51.5 Å². The third kappa shape index (κ3) is 10.3. The molecule has 8 nitrogen and oxygen atoms in total. The van der Waals surface area contributed by atoms with E-state index in [0.29, 0.717) is 11.1 Å². The lowest BCUT2D eigenvalue weighted by Crippen LogP contribution is -2.37. The van der Waals surface area contributed by atoms with Gasteiger partial charge >= 0.3 is 11.9 Å². The number of methoxy groups -OCH3 is 2. The first kappa shape index (κ1) is 47.8. The molecule has 0 fully saturated rings. The predicted molar refractivity (Wildman–Crippen MR) is 280 cm³/mol. The molecule has 0 aliphatic carbocycles. The van der Waals surface area contributed by atoms with Crippen LogP contribution in [0, 0.1) is 13.8 Å². The Balaban J connectivity index is 0.000000174. The maximum Gasteiger partial charge on any atom is 0.338 e. The van der Waals surface area contributed by atoms with Crippen molar-refractivity contribution >= 4 is 33.5 Å². The van der Waals surface area contributed by atoms with E-state index < -0.39 is 0 Å². The number of esters is 2. The third-order valence-corrected chi connectivity index (χ3v) is 14.2. The number of aryl methyl sites for hydroxylation is 2. The first-order chi connectivity index (χ1) is 34.1. The highest BCUT2D eigenvalue weighted by Gasteiger charge is 2.32. The van der Waals surface area contributed by atoms with Gasteiger partial charge in [0.2, 0.25) is 0 Å². The number of benzene rings is 8. The molecule has 0 amide bonds. The Labute approximate surface area is 412 Å². The number of hydrogen-bond donors (Lipinski definition) is 2. The molecule has 2 heterocycles. The average Bonchev–Trinajstić information content (AvgIpc) is 3.40. The molecule has 6 atom stereocenters. The minimum atomic E-state index is -0.299. The second-order valence-electron chi connectivity index (χ2n) is 18.7. The summed E-state index contributed by atoms with van der Waals surface area (Å²) in [5, 5.41) is 12.5. The fourth-order valence-electron chi connectivity index (χ4n) is 10.3. The number of hydrogen-bond acceptors (Lipinski definition) is 8. The summed E-state index contributed by atoms with van der Waals surface area (Å²) in [5.41, 5.74) is 10.2. The average molecular weight is 931 g/mol. The molecule has 8 aromatic carbocycles. The van der Waals surface area contributed by atoms with Gasteiger partial charge in [-0.25, -0.2) is 9.59 Å². The Hall–Kier alpha value is -7.26. The number of rotatable bonds is 12. The lowest BCUT2D eigenvalue weighted by atomic mass is 9.83. The molecule has 10 rings (SSSR count). The van der Waals surface area contributed by atoms with E-state index in [4.69, 9.17) is 18.9 Å². The van der Waals surface area contributed by atoms with E-state index in [2.05, 4.69) is 134 Å². The molecule has 2 aliphatic heterocycles. The van der Waals surface area contributed by atoms with Gasteiger partial charge in [0.1, 0.15) is 23.7 Å². The summed E-state index contributed by atoms with van der Waals surface area (Å²) in [5.74, 6) is 1.51. The Kier molecular flexibility index (Phi) is 14.7. The number of ether oxygens (including phenoxy) is 4. The standard InChI is InChI=1S/2C31H31NO3/c2*1-20-15-16-23(17-28(20)31(33)34-3)29-18-24(35-30-14-7-6-12-27(29)30)19-32-21(2)25-13-8-10-22-9-4-5-11-26(22)25/h2*4-17,21,24,29,32H,18-19H2,1-3H3/t21-,24-,29?;21-,24-,29+/m11/s1. The Morgan fingerprint density at radius 3 is 1.33 bits per heavy atom. The van der Waals surface area contributed by atoms with Crippen LogP contribution < -0.4 is 20.1 Å². The summed E-state index contributed by atoms with van der Waals surface area (Å²) in [6.45, 7) is 9.75. The van der Waals surface area contributed by atoms with Gasteiger partial charge in [0.05, 0.1) is 25.3 Å². The van der Waals surface area contributed by atoms with Crippen molar-refractivity contribution in [1.29, 1.82) is 0 Å². The minimum Gasteiger partial charge on any atom is -0.489 e. The topological polar surface area (TPSA) is 95.1 Å². The van der Waals surface area contributed by atoms with Crippen molar-refractivity contribution in [2.75, 3.05) is 27.3 Å². The summed E-state index contributed by atoms with van der Waals surface area (Å²) in [6.07, 6.45) is 1.68. The summed E-state index contributed by atoms with van der Waals surface area (Å²) < 4.78 is 22.9. The van der Waals surface area contributed by atoms with Gasteiger partial charge in [-0.2, -0.15) is 0 Å². The molecule has 0 bridgehead atoms. The summed E-state index contributed by atoms with van der Waals surface area (Å²) >= 11 is 0. The third-order valence-electron chi connectivity index (χ3n) is 14.2. The Morgan fingerprint density at radius 2 is 0.900 bits per heavy atom. The second kappa shape index (κ2) is 21.6. The fourth-order valence-corrected chi connectivity index (χ4v) is 10.3. The highest BCUT2D eigenvalue weighted by Crippen LogP contribution is 2.42. The van der Waals surface area contributed by atoms with Gasteiger partial charge in [0, 0.05) is 48.1 Å². The first-order valence-electron chi connectivity index (χ1n) is 24.4. The predicted octanol–water partition coefficient (Wildman–Crippen LogP) is 13.1. The molecular weight excluding hydrogens is 869 g/mol. The van der Waals surface area contributed by atoms with E-state index in [0.717, 1.165) is 70.8 Å². The van der Waals surface area contributed by atoms with E-state index in [1.54, 1.807) is 0 Å². The summed E-state index contributed by atoms with van der Waals surface area (Å²) in [4.78, 5) is 24.7. The van der Waals surface area contributed by atoms with Crippen molar-refractivity contribution in [3.05, 3.63) is 225 Å².